The van der Waals surface area contributed by atoms with Gasteiger partial charge in [0.25, 0.3) is 11.2 Å². The quantitative estimate of drug-likeness (QED) is 0.681. The van der Waals surface area contributed by atoms with E-state index in [9.17, 15) is 14.9 Å². The molecule has 4 rings (SSSR count). The average molecular weight is 311 g/mol. The molecular weight excluding hydrogens is 294 g/mol. The van der Waals surface area contributed by atoms with Gasteiger partial charge in [0, 0.05) is 42.4 Å². The van der Waals surface area contributed by atoms with Crippen molar-refractivity contribution in [2.45, 2.75) is 18.9 Å². The summed E-state index contributed by atoms with van der Waals surface area (Å²) in [6, 6.07) is 10.1. The van der Waals surface area contributed by atoms with E-state index < -0.39 is 4.92 Å². The summed E-state index contributed by atoms with van der Waals surface area (Å²) >= 11 is 0. The number of pyridine rings is 1. The van der Waals surface area contributed by atoms with E-state index in [1.165, 1.54) is 12.1 Å². The summed E-state index contributed by atoms with van der Waals surface area (Å²) in [6.45, 7) is 2.58. The molecule has 0 saturated carbocycles. The first kappa shape index (κ1) is 14.1. The molecule has 0 aliphatic carbocycles. The number of non-ortho nitro benzene ring substituents is 1. The normalized spacial score (nSPS) is 22.4. The first-order valence-electron chi connectivity index (χ1n) is 7.83. The van der Waals surface area contributed by atoms with Crippen molar-refractivity contribution in [3.63, 3.8) is 0 Å². The zero-order valence-electron chi connectivity index (χ0n) is 12.6. The molecule has 1 aromatic carbocycles. The molecule has 2 aliphatic heterocycles. The Morgan fingerprint density at radius 3 is 2.91 bits per heavy atom. The van der Waals surface area contributed by atoms with Crippen LogP contribution in [0.4, 0.5) is 5.69 Å². The van der Waals surface area contributed by atoms with Crippen LogP contribution in [0.15, 0.2) is 41.2 Å². The molecule has 0 radical (unpaired) electrons. The maximum Gasteiger partial charge on any atom is 0.270 e. The number of aromatic nitrogens is 1. The summed E-state index contributed by atoms with van der Waals surface area (Å²) in [5.41, 5.74) is 2.18. The molecule has 3 heterocycles. The molecule has 2 atom stereocenters. The third-order valence-corrected chi connectivity index (χ3v) is 4.88. The Morgan fingerprint density at radius 1 is 1.22 bits per heavy atom. The van der Waals surface area contributed by atoms with Crippen LogP contribution in [0.1, 0.15) is 18.0 Å². The Bertz CT molecular complexity index is 843. The van der Waals surface area contributed by atoms with E-state index in [0.29, 0.717) is 23.0 Å². The second-order valence-corrected chi connectivity index (χ2v) is 6.35. The number of fused-ring (bicyclic) bond motifs is 4. The van der Waals surface area contributed by atoms with Crippen molar-refractivity contribution in [1.29, 1.82) is 0 Å². The van der Waals surface area contributed by atoms with Crippen LogP contribution in [-0.4, -0.2) is 22.6 Å². The summed E-state index contributed by atoms with van der Waals surface area (Å²) in [7, 11) is 0. The smallest absolute Gasteiger partial charge is 0.270 e. The zero-order valence-corrected chi connectivity index (χ0v) is 12.6. The number of nitro benzene ring substituents is 1. The van der Waals surface area contributed by atoms with Crippen LogP contribution in [0.2, 0.25) is 0 Å². The fraction of sp³-hybridized carbons (Fsp3) is 0.353. The molecule has 1 aromatic heterocycles. The van der Waals surface area contributed by atoms with Crippen molar-refractivity contribution in [3.05, 3.63) is 62.6 Å². The van der Waals surface area contributed by atoms with Gasteiger partial charge in [0.1, 0.15) is 0 Å². The van der Waals surface area contributed by atoms with Crippen LogP contribution < -0.4 is 10.9 Å². The van der Waals surface area contributed by atoms with E-state index in [0.717, 1.165) is 31.7 Å². The van der Waals surface area contributed by atoms with Gasteiger partial charge in [-0.1, -0.05) is 12.1 Å². The molecule has 0 spiro atoms. The maximum absolute atomic E-state index is 12.9. The molecular formula is C17H17N3O3. The molecule has 6 nitrogen and oxygen atoms in total. The monoisotopic (exact) mass is 311 g/mol. The number of nitrogens with zero attached hydrogens (tertiary/aromatic N) is 2. The summed E-state index contributed by atoms with van der Waals surface area (Å²) in [6.07, 6.45) is 1.13. The van der Waals surface area contributed by atoms with Crippen molar-refractivity contribution >= 4 is 5.69 Å². The lowest BCUT2D eigenvalue weighted by Crippen LogP contribution is -2.45. The van der Waals surface area contributed by atoms with Gasteiger partial charge in [0.2, 0.25) is 0 Å². The van der Waals surface area contributed by atoms with E-state index in [-0.39, 0.29) is 11.2 Å². The summed E-state index contributed by atoms with van der Waals surface area (Å²) < 4.78 is 1.87. The number of hydrogen-bond donors (Lipinski definition) is 1. The average Bonchev–Trinajstić information content (AvgIpc) is 2.56. The summed E-state index contributed by atoms with van der Waals surface area (Å²) in [5.74, 6) is 0.869. The minimum Gasteiger partial charge on any atom is -0.316 e. The highest BCUT2D eigenvalue weighted by Crippen LogP contribution is 2.32. The Morgan fingerprint density at radius 2 is 2.09 bits per heavy atom. The molecule has 1 fully saturated rings. The maximum atomic E-state index is 12.9. The van der Waals surface area contributed by atoms with Gasteiger partial charge >= 0.3 is 0 Å². The number of piperidine rings is 1. The highest BCUT2D eigenvalue weighted by molar-refractivity contribution is 5.65. The van der Waals surface area contributed by atoms with E-state index in [1.54, 1.807) is 12.1 Å². The van der Waals surface area contributed by atoms with Gasteiger partial charge in [-0.25, -0.2) is 0 Å². The zero-order chi connectivity index (χ0) is 16.0. The Hall–Kier alpha value is -2.47. The second-order valence-electron chi connectivity index (χ2n) is 6.35. The van der Waals surface area contributed by atoms with E-state index in [1.807, 2.05) is 16.7 Å². The van der Waals surface area contributed by atoms with Gasteiger partial charge in [-0.05, 0) is 36.6 Å². The minimum absolute atomic E-state index is 0.00527. The minimum atomic E-state index is -0.435. The molecule has 23 heavy (non-hydrogen) atoms. The summed E-state index contributed by atoms with van der Waals surface area (Å²) in [5, 5.41) is 14.4. The molecule has 2 bridgehead atoms. The molecule has 1 saturated heterocycles. The van der Waals surface area contributed by atoms with E-state index >= 15 is 0 Å². The molecule has 0 amide bonds. The lowest BCUT2D eigenvalue weighted by molar-refractivity contribution is -0.384. The fourth-order valence-electron chi connectivity index (χ4n) is 3.80. The predicted molar refractivity (Wildman–Crippen MR) is 86.5 cm³/mol. The van der Waals surface area contributed by atoms with Crippen LogP contribution in [-0.2, 0) is 6.54 Å². The Balaban J connectivity index is 1.83. The highest BCUT2D eigenvalue weighted by Gasteiger charge is 2.31. The molecule has 2 aromatic rings. The van der Waals surface area contributed by atoms with Crippen LogP contribution in [0, 0.1) is 16.0 Å². The highest BCUT2D eigenvalue weighted by atomic mass is 16.6. The van der Waals surface area contributed by atoms with Gasteiger partial charge < -0.3 is 9.88 Å². The van der Waals surface area contributed by atoms with Crippen molar-refractivity contribution < 1.29 is 4.92 Å². The molecule has 118 valence electrons. The van der Waals surface area contributed by atoms with Crippen molar-refractivity contribution in [2.24, 2.45) is 5.92 Å². The summed E-state index contributed by atoms with van der Waals surface area (Å²) in [4.78, 5) is 23.4. The van der Waals surface area contributed by atoms with Gasteiger partial charge in [-0.15, -0.1) is 0 Å². The van der Waals surface area contributed by atoms with Gasteiger partial charge in [-0.2, -0.15) is 0 Å². The van der Waals surface area contributed by atoms with Crippen LogP contribution in [0.5, 0.6) is 0 Å². The molecule has 2 aliphatic rings. The molecule has 2 unspecified atom stereocenters. The predicted octanol–water partition coefficient (Wildman–Crippen LogP) is 2.13. The van der Waals surface area contributed by atoms with Crippen LogP contribution >= 0.6 is 0 Å². The van der Waals surface area contributed by atoms with Crippen LogP contribution in [0.3, 0.4) is 0 Å². The topological polar surface area (TPSA) is 77.2 Å². The molecule has 6 heteroatoms. The van der Waals surface area contributed by atoms with E-state index in [4.69, 9.17) is 0 Å². The largest absolute Gasteiger partial charge is 0.316 e. The Labute approximate surface area is 132 Å². The van der Waals surface area contributed by atoms with Crippen molar-refractivity contribution in [1.82, 2.24) is 9.88 Å². The first-order valence-corrected chi connectivity index (χ1v) is 7.83. The number of nitro groups is 1. The fourth-order valence-corrected chi connectivity index (χ4v) is 3.80. The third-order valence-electron chi connectivity index (χ3n) is 4.88. The lowest BCUT2D eigenvalue weighted by atomic mass is 9.84. The number of rotatable bonds is 2. The first-order chi connectivity index (χ1) is 11.1. The number of nitrogens with one attached hydrogen (secondary N) is 1. The van der Waals surface area contributed by atoms with Crippen molar-refractivity contribution in [2.75, 3.05) is 13.1 Å². The van der Waals surface area contributed by atoms with Crippen LogP contribution in [0.25, 0.3) is 11.1 Å². The second kappa shape index (κ2) is 5.31. The standard InChI is InChI=1S/C17H17N3O3/c21-17-15(12-2-1-3-14(7-12)20(22)23)4-5-16-13-6-11(8-18-9-13)10-19(16)17/h1-5,7,11,13,18H,6,8-10H2. The molecule has 1 N–H and O–H groups in total. The van der Waals surface area contributed by atoms with Gasteiger partial charge in [-0.3, -0.25) is 14.9 Å². The van der Waals surface area contributed by atoms with Gasteiger partial charge in [0.05, 0.1) is 4.92 Å². The van der Waals surface area contributed by atoms with E-state index in [2.05, 4.69) is 5.32 Å². The lowest BCUT2D eigenvalue weighted by Gasteiger charge is -2.37. The SMILES string of the molecule is O=c1c(-c2cccc([N+](=O)[O-])c2)ccc2n1CC1CNCC2C1. The third kappa shape index (κ3) is 2.35. The van der Waals surface area contributed by atoms with Crippen molar-refractivity contribution in [3.8, 4) is 11.1 Å². The Kier molecular flexibility index (Phi) is 3.27. The number of hydrogen-bond acceptors (Lipinski definition) is 4. The number of benzene rings is 1. The van der Waals surface area contributed by atoms with Gasteiger partial charge in [0.15, 0.2) is 0 Å².